The quantitative estimate of drug-likeness (QED) is 0.609. The summed E-state index contributed by atoms with van der Waals surface area (Å²) in [6.45, 7) is 0.358. The predicted octanol–water partition coefficient (Wildman–Crippen LogP) is 1.95. The maximum Gasteiger partial charge on any atom is 0.273 e. The van der Waals surface area contributed by atoms with Crippen LogP contribution in [0.15, 0.2) is 23.1 Å². The van der Waals surface area contributed by atoms with Crippen LogP contribution < -0.4 is 10.5 Å². The summed E-state index contributed by atoms with van der Waals surface area (Å²) in [5.41, 5.74) is 5.06. The van der Waals surface area contributed by atoms with Crippen molar-refractivity contribution in [2.45, 2.75) is 36.6 Å². The molecule has 3 N–H and O–H groups in total. The highest BCUT2D eigenvalue weighted by atomic mass is 35.5. The molecule has 1 fully saturated rings. The van der Waals surface area contributed by atoms with Gasteiger partial charge in [0.1, 0.15) is 5.82 Å². The van der Waals surface area contributed by atoms with E-state index in [2.05, 4.69) is 4.72 Å². The van der Waals surface area contributed by atoms with Crippen LogP contribution in [-0.2, 0) is 10.0 Å². The highest BCUT2D eigenvalue weighted by Gasteiger charge is 2.29. The Hall–Kier alpha value is -1.29. The third-order valence-corrected chi connectivity index (χ3v) is 5.36. The van der Waals surface area contributed by atoms with Gasteiger partial charge in [-0.3, -0.25) is 10.1 Å². The van der Waals surface area contributed by atoms with E-state index in [1.807, 2.05) is 0 Å². The van der Waals surface area contributed by atoms with E-state index in [0.717, 1.165) is 31.4 Å². The Labute approximate surface area is 140 Å². The highest BCUT2D eigenvalue weighted by Crippen LogP contribution is 2.26. The molecule has 1 aromatic rings. The minimum absolute atomic E-state index is 0. The minimum Gasteiger partial charge on any atom is -0.330 e. The number of hydrogen-bond acceptors (Lipinski definition) is 5. The smallest absolute Gasteiger partial charge is 0.273 e. The second-order valence-corrected chi connectivity index (χ2v) is 7.12. The molecule has 23 heavy (non-hydrogen) atoms. The van der Waals surface area contributed by atoms with Crippen molar-refractivity contribution in [1.29, 1.82) is 0 Å². The third kappa shape index (κ3) is 4.84. The summed E-state index contributed by atoms with van der Waals surface area (Å²) in [6.07, 6.45) is 3.35. The fourth-order valence-electron chi connectivity index (χ4n) is 2.72. The van der Waals surface area contributed by atoms with Crippen molar-refractivity contribution in [1.82, 2.24) is 4.72 Å². The van der Waals surface area contributed by atoms with Gasteiger partial charge in [-0.15, -0.1) is 12.4 Å². The van der Waals surface area contributed by atoms with Crippen LogP contribution in [0, 0.1) is 21.8 Å². The summed E-state index contributed by atoms with van der Waals surface area (Å²) in [4.78, 5) is 9.46. The fourth-order valence-corrected chi connectivity index (χ4v) is 4.11. The van der Waals surface area contributed by atoms with Crippen LogP contribution in [0.5, 0.6) is 0 Å². The van der Waals surface area contributed by atoms with Gasteiger partial charge in [-0.1, -0.05) is 12.8 Å². The topological polar surface area (TPSA) is 115 Å². The van der Waals surface area contributed by atoms with E-state index in [0.29, 0.717) is 19.0 Å². The summed E-state index contributed by atoms with van der Waals surface area (Å²) < 4.78 is 40.6. The second kappa shape index (κ2) is 8.00. The van der Waals surface area contributed by atoms with Crippen LogP contribution in [0.25, 0.3) is 0 Å². The normalized spacial score (nSPS) is 21.5. The van der Waals surface area contributed by atoms with Crippen LogP contribution in [-0.4, -0.2) is 25.9 Å². The van der Waals surface area contributed by atoms with Crippen LogP contribution in [0.1, 0.15) is 25.7 Å². The number of nitrogens with one attached hydrogen (secondary N) is 1. The lowest BCUT2D eigenvalue weighted by atomic mass is 9.85. The Morgan fingerprint density at radius 3 is 2.57 bits per heavy atom. The zero-order chi connectivity index (χ0) is 16.3. The first-order valence-electron chi connectivity index (χ1n) is 7.01. The molecule has 0 aliphatic heterocycles. The molecule has 10 heteroatoms. The molecule has 2 unspecified atom stereocenters. The number of halogens is 2. The van der Waals surface area contributed by atoms with Crippen LogP contribution in [0.2, 0.25) is 0 Å². The minimum atomic E-state index is -4.03. The van der Waals surface area contributed by atoms with Gasteiger partial charge in [-0.2, -0.15) is 0 Å². The Balaban J connectivity index is 0.00000264. The van der Waals surface area contributed by atoms with Crippen molar-refractivity contribution in [3.05, 3.63) is 34.1 Å². The average Bonchev–Trinajstić information content (AvgIpc) is 2.46. The molecule has 2 rings (SSSR count). The number of hydrogen-bond donors (Lipinski definition) is 2. The van der Waals surface area contributed by atoms with Crippen molar-refractivity contribution in [3.63, 3.8) is 0 Å². The maximum absolute atomic E-state index is 13.4. The number of nitro benzene ring substituents is 1. The number of rotatable bonds is 5. The lowest BCUT2D eigenvalue weighted by Crippen LogP contribution is -2.44. The Morgan fingerprint density at radius 2 is 1.96 bits per heavy atom. The summed E-state index contributed by atoms with van der Waals surface area (Å²) in [5, 5.41) is 10.7. The molecule has 2 atom stereocenters. The van der Waals surface area contributed by atoms with Crippen molar-refractivity contribution >= 4 is 28.1 Å². The monoisotopic (exact) mass is 367 g/mol. The lowest BCUT2D eigenvalue weighted by Gasteiger charge is -2.31. The standard InChI is InChI=1S/C13H18FN3O4S.ClH/c14-10-5-11(17(18)19)7-12(6-10)22(20,21)16-13-4-2-1-3-9(13)8-15;/h5-7,9,13,16H,1-4,8,15H2;1H. The van der Waals surface area contributed by atoms with Gasteiger partial charge in [0.05, 0.1) is 15.9 Å². The highest BCUT2D eigenvalue weighted by molar-refractivity contribution is 7.89. The zero-order valence-electron chi connectivity index (χ0n) is 12.3. The third-order valence-electron chi connectivity index (χ3n) is 3.90. The van der Waals surface area contributed by atoms with Gasteiger partial charge < -0.3 is 5.73 Å². The fraction of sp³-hybridized carbons (Fsp3) is 0.538. The van der Waals surface area contributed by atoms with Crippen LogP contribution >= 0.6 is 12.4 Å². The van der Waals surface area contributed by atoms with Gasteiger partial charge in [0.25, 0.3) is 5.69 Å². The van der Waals surface area contributed by atoms with Gasteiger partial charge >= 0.3 is 0 Å². The summed E-state index contributed by atoms with van der Waals surface area (Å²) in [6, 6.07) is 1.98. The van der Waals surface area contributed by atoms with Crippen molar-refractivity contribution < 1.29 is 17.7 Å². The molecule has 1 aliphatic rings. The van der Waals surface area contributed by atoms with Crippen LogP contribution in [0.3, 0.4) is 0 Å². The van der Waals surface area contributed by atoms with Gasteiger partial charge in [0.2, 0.25) is 10.0 Å². The molecule has 0 aromatic heterocycles. The molecular formula is C13H19ClFN3O4S. The van der Waals surface area contributed by atoms with Crippen molar-refractivity contribution in [2.24, 2.45) is 11.7 Å². The summed E-state index contributed by atoms with van der Waals surface area (Å²) >= 11 is 0. The number of nitrogens with two attached hydrogens (primary N) is 1. The van der Waals surface area contributed by atoms with Crippen molar-refractivity contribution in [2.75, 3.05) is 6.54 Å². The molecule has 0 amide bonds. The van der Waals surface area contributed by atoms with Gasteiger partial charge in [-0.25, -0.2) is 17.5 Å². The van der Waals surface area contributed by atoms with E-state index >= 15 is 0 Å². The molecule has 7 nitrogen and oxygen atoms in total. The number of non-ortho nitro benzene ring substituents is 1. The van der Waals surface area contributed by atoms with E-state index in [1.54, 1.807) is 0 Å². The molecule has 1 saturated carbocycles. The molecular weight excluding hydrogens is 349 g/mol. The molecule has 0 bridgehead atoms. The molecule has 0 saturated heterocycles. The number of nitrogens with zero attached hydrogens (tertiary/aromatic N) is 1. The Kier molecular flexibility index (Phi) is 6.87. The van der Waals surface area contributed by atoms with E-state index < -0.39 is 31.3 Å². The van der Waals surface area contributed by atoms with E-state index in [-0.39, 0.29) is 24.4 Å². The molecule has 0 radical (unpaired) electrons. The number of sulfonamides is 1. The van der Waals surface area contributed by atoms with Gasteiger partial charge in [-0.05, 0) is 31.4 Å². The van der Waals surface area contributed by atoms with Gasteiger partial charge in [0, 0.05) is 12.1 Å². The predicted molar refractivity (Wildman–Crippen MR) is 85.4 cm³/mol. The number of benzene rings is 1. The lowest BCUT2D eigenvalue weighted by molar-refractivity contribution is -0.385. The molecule has 0 spiro atoms. The van der Waals surface area contributed by atoms with Gasteiger partial charge in [0.15, 0.2) is 0 Å². The van der Waals surface area contributed by atoms with E-state index in [9.17, 15) is 22.9 Å². The molecule has 130 valence electrons. The Morgan fingerprint density at radius 1 is 1.30 bits per heavy atom. The number of nitro groups is 1. The van der Waals surface area contributed by atoms with Crippen LogP contribution in [0.4, 0.5) is 10.1 Å². The summed E-state index contributed by atoms with van der Waals surface area (Å²) in [7, 11) is -4.03. The summed E-state index contributed by atoms with van der Waals surface area (Å²) in [5.74, 6) is -0.944. The first-order chi connectivity index (χ1) is 10.3. The second-order valence-electron chi connectivity index (χ2n) is 5.41. The van der Waals surface area contributed by atoms with E-state index in [1.165, 1.54) is 0 Å². The first kappa shape index (κ1) is 19.8. The molecule has 0 heterocycles. The first-order valence-corrected chi connectivity index (χ1v) is 8.49. The Bertz CT molecular complexity index is 671. The SMILES string of the molecule is Cl.NCC1CCCCC1NS(=O)(=O)c1cc(F)cc([N+](=O)[O-])c1. The molecule has 1 aromatic carbocycles. The molecule has 1 aliphatic carbocycles. The zero-order valence-corrected chi connectivity index (χ0v) is 13.9. The average molecular weight is 368 g/mol. The largest absolute Gasteiger partial charge is 0.330 e. The maximum atomic E-state index is 13.4. The van der Waals surface area contributed by atoms with E-state index in [4.69, 9.17) is 5.73 Å². The van der Waals surface area contributed by atoms with Crippen molar-refractivity contribution in [3.8, 4) is 0 Å².